The van der Waals surface area contributed by atoms with Gasteiger partial charge in [-0.15, -0.1) is 0 Å². The molecule has 20 atom stereocenters. The lowest BCUT2D eigenvalue weighted by Gasteiger charge is -2.51. The van der Waals surface area contributed by atoms with Crippen LogP contribution in [-0.2, 0) is 56.0 Å². The number of thioether (sulfide) groups is 1. The Morgan fingerprint density at radius 1 is 0.561 bits per heavy atom. The van der Waals surface area contributed by atoms with Crippen molar-refractivity contribution in [1.82, 2.24) is 5.32 Å². The van der Waals surface area contributed by atoms with Gasteiger partial charge < -0.3 is 108 Å². The number of aliphatic hydroxyl groups is 10. The van der Waals surface area contributed by atoms with Gasteiger partial charge in [-0.1, -0.05) is 32.6 Å². The Labute approximate surface area is 391 Å². The van der Waals surface area contributed by atoms with Gasteiger partial charge in [0, 0.05) is 46.8 Å². The molecule has 0 aromatic heterocycles. The monoisotopic (exact) mass is 995 g/mol. The molecule has 0 aliphatic carbocycles. The van der Waals surface area contributed by atoms with Gasteiger partial charge in [-0.05, 0) is 37.7 Å². The second kappa shape index (κ2) is 28.3. The second-order valence-corrected chi connectivity index (χ2v) is 21.5. The molecular formula is C41H77NO22SSi. The molecule has 0 aromatic rings. The molecule has 23 nitrogen and oxygen atoms in total. The van der Waals surface area contributed by atoms with Gasteiger partial charge >= 0.3 is 8.80 Å². The van der Waals surface area contributed by atoms with Crippen molar-refractivity contribution >= 4 is 26.5 Å². The van der Waals surface area contributed by atoms with Crippen LogP contribution in [0.4, 0.5) is 0 Å². The summed E-state index contributed by atoms with van der Waals surface area (Å²) in [6, 6.07) is -0.505. The van der Waals surface area contributed by atoms with E-state index in [-0.39, 0.29) is 6.61 Å². The number of carbonyl (C=O) groups excluding carboxylic acids is 1. The number of hydrogen-bond donors (Lipinski definition) is 11. The first-order valence-electron chi connectivity index (χ1n) is 22.8. The van der Waals surface area contributed by atoms with Gasteiger partial charge in [-0.25, -0.2) is 0 Å². The standard InChI is InChI=1S/C41H77NO22SSi/c1-21-28(47)30(49)24(18-43)59-38(21)63-36-32(51)26(20-45)61-41(37(36)64-40-34(53)33(52)29(48)22(2)58-40)62-35-27(42-23(3)46)39(60-25(19-44)31(35)50)57-14-11-9-7-8-10-12-15-65-16-13-17-66(54-4,55-5)56-6/h21-22,24-41,43-45,47-53H,7-20H2,1-6H3,(H,42,46)/t21?,22?,24?,25?,26?,27?,28-,29-,30+,31-,32+,33+,34?,35-,36+,37?,38-,39-,40+,41+/m1/s1. The van der Waals surface area contributed by atoms with E-state index in [1.165, 1.54) is 20.8 Å². The summed E-state index contributed by atoms with van der Waals surface area (Å²) in [5.41, 5.74) is 0. The summed E-state index contributed by atoms with van der Waals surface area (Å²) in [7, 11) is 2.29. The van der Waals surface area contributed by atoms with Crippen LogP contribution in [0.3, 0.4) is 0 Å². The van der Waals surface area contributed by atoms with Gasteiger partial charge in [0.05, 0.1) is 32.0 Å². The highest BCUT2D eigenvalue weighted by Crippen LogP contribution is 2.37. The fourth-order valence-electron chi connectivity index (χ4n) is 8.44. The maximum atomic E-state index is 12.7. The molecule has 0 saturated carbocycles. The summed E-state index contributed by atoms with van der Waals surface area (Å²) >= 11 is 1.89. The Bertz CT molecular complexity index is 1370. The fourth-order valence-corrected chi connectivity index (χ4v) is 11.4. The van der Waals surface area contributed by atoms with E-state index < -0.39 is 157 Å². The molecule has 0 aromatic carbocycles. The van der Waals surface area contributed by atoms with Crippen LogP contribution in [0.5, 0.6) is 0 Å². The summed E-state index contributed by atoms with van der Waals surface area (Å²) in [5, 5.41) is 110. The van der Waals surface area contributed by atoms with E-state index >= 15 is 0 Å². The van der Waals surface area contributed by atoms with Crippen molar-refractivity contribution in [3.05, 3.63) is 0 Å². The maximum Gasteiger partial charge on any atom is 0.500 e. The van der Waals surface area contributed by atoms with Crippen LogP contribution in [0.25, 0.3) is 0 Å². The first-order valence-corrected chi connectivity index (χ1v) is 25.9. The van der Waals surface area contributed by atoms with Gasteiger partial charge in [-0.2, -0.15) is 11.8 Å². The van der Waals surface area contributed by atoms with Crippen LogP contribution in [0, 0.1) is 5.92 Å². The summed E-state index contributed by atoms with van der Waals surface area (Å²) in [4.78, 5) is 12.7. The van der Waals surface area contributed by atoms with E-state index in [2.05, 4.69) is 5.32 Å². The predicted octanol–water partition coefficient (Wildman–Crippen LogP) is -2.94. The number of carbonyl (C=O) groups is 1. The molecule has 25 heteroatoms. The molecule has 4 fully saturated rings. The summed E-state index contributed by atoms with van der Waals surface area (Å²) < 4.78 is 64.8. The summed E-state index contributed by atoms with van der Waals surface area (Å²) in [6.45, 7) is 1.99. The molecule has 4 saturated heterocycles. The third-order valence-corrected chi connectivity index (χ3v) is 16.5. The maximum absolute atomic E-state index is 12.7. The Morgan fingerprint density at radius 3 is 1.68 bits per heavy atom. The van der Waals surface area contributed by atoms with Gasteiger partial charge in [0.25, 0.3) is 0 Å². The molecule has 4 heterocycles. The lowest BCUT2D eigenvalue weighted by atomic mass is 9.91. The molecule has 0 bridgehead atoms. The highest BCUT2D eigenvalue weighted by atomic mass is 32.2. The number of hydrogen-bond acceptors (Lipinski definition) is 23. The number of aliphatic hydroxyl groups excluding tert-OH is 10. The molecule has 388 valence electrons. The SMILES string of the molecule is CO[Si](CCCSCCCCCCCCO[C@@H]1OC(CO)[C@@H](O)[C@H](O[C@@H]2OC(CO)[C@H](O)[C@H](O[C@H]3OC(CO)[C@H](O)[C@H](O)C3C)C2O[C@@H]2OC(C)[C@@H](O)[C@H](O)C2O)C1NC(C)=O)(OC)OC. The van der Waals surface area contributed by atoms with Crippen molar-refractivity contribution in [1.29, 1.82) is 0 Å². The Morgan fingerprint density at radius 2 is 1.08 bits per heavy atom. The van der Waals surface area contributed by atoms with Crippen molar-refractivity contribution in [3.8, 4) is 0 Å². The van der Waals surface area contributed by atoms with Crippen molar-refractivity contribution in [2.75, 3.05) is 59.3 Å². The van der Waals surface area contributed by atoms with E-state index in [1.54, 1.807) is 21.3 Å². The van der Waals surface area contributed by atoms with E-state index in [9.17, 15) is 55.9 Å². The van der Waals surface area contributed by atoms with Crippen molar-refractivity contribution in [2.45, 2.75) is 188 Å². The van der Waals surface area contributed by atoms with Crippen molar-refractivity contribution in [2.24, 2.45) is 5.92 Å². The van der Waals surface area contributed by atoms with E-state index in [0.29, 0.717) is 6.42 Å². The highest BCUT2D eigenvalue weighted by molar-refractivity contribution is 7.99. The van der Waals surface area contributed by atoms with Crippen LogP contribution < -0.4 is 5.32 Å². The van der Waals surface area contributed by atoms with Gasteiger partial charge in [0.15, 0.2) is 25.2 Å². The lowest BCUT2D eigenvalue weighted by Crippen LogP contribution is -2.69. The molecule has 4 aliphatic heterocycles. The summed E-state index contributed by atoms with van der Waals surface area (Å²) in [6.07, 6.45) is -21.6. The van der Waals surface area contributed by atoms with Crippen LogP contribution in [-0.4, -0.2) is 242 Å². The predicted molar refractivity (Wildman–Crippen MR) is 232 cm³/mol. The van der Waals surface area contributed by atoms with Gasteiger partial charge in [0.2, 0.25) is 5.91 Å². The number of unbranched alkanes of at least 4 members (excludes halogenated alkanes) is 5. The third kappa shape index (κ3) is 15.1. The Balaban J connectivity index is 1.47. The summed E-state index contributed by atoms with van der Waals surface area (Å²) in [5.74, 6) is 0.467. The largest absolute Gasteiger partial charge is 0.500 e. The third-order valence-electron chi connectivity index (χ3n) is 12.6. The molecule has 1 amide bonds. The van der Waals surface area contributed by atoms with E-state index in [0.717, 1.165) is 56.1 Å². The fraction of sp³-hybridized carbons (Fsp3) is 0.976. The van der Waals surface area contributed by atoms with Crippen molar-refractivity contribution in [3.63, 3.8) is 0 Å². The average molecular weight is 996 g/mol. The molecule has 0 radical (unpaired) electrons. The lowest BCUT2D eigenvalue weighted by molar-refractivity contribution is -0.399. The highest BCUT2D eigenvalue weighted by Gasteiger charge is 2.56. The van der Waals surface area contributed by atoms with Crippen LogP contribution in [0.1, 0.15) is 65.7 Å². The minimum atomic E-state index is -2.55. The van der Waals surface area contributed by atoms with Crippen molar-refractivity contribution < 1.29 is 107 Å². The van der Waals surface area contributed by atoms with E-state index in [4.69, 9.17) is 51.2 Å². The number of nitrogens with one attached hydrogen (secondary N) is 1. The number of ether oxygens (including phenoxy) is 8. The molecule has 11 N–H and O–H groups in total. The topological polar surface area (TPSA) is 333 Å². The molecule has 4 aliphatic rings. The first kappa shape index (κ1) is 57.8. The molecule has 66 heavy (non-hydrogen) atoms. The van der Waals surface area contributed by atoms with E-state index in [1.807, 2.05) is 11.8 Å². The molecule has 4 rings (SSSR count). The first-order chi connectivity index (χ1) is 31.5. The van der Waals surface area contributed by atoms with Gasteiger partial charge in [0.1, 0.15) is 79.3 Å². The number of rotatable bonds is 27. The van der Waals surface area contributed by atoms with Crippen LogP contribution in [0.2, 0.25) is 6.04 Å². The average Bonchev–Trinajstić information content (AvgIpc) is 3.30. The minimum Gasteiger partial charge on any atom is -0.394 e. The zero-order valence-corrected chi connectivity index (χ0v) is 40.5. The van der Waals surface area contributed by atoms with Crippen LogP contribution in [0.15, 0.2) is 0 Å². The number of amides is 1. The smallest absolute Gasteiger partial charge is 0.394 e. The molecule has 8 unspecified atom stereocenters. The molecule has 0 spiro atoms. The van der Waals surface area contributed by atoms with Gasteiger partial charge in [-0.3, -0.25) is 4.79 Å². The quantitative estimate of drug-likeness (QED) is 0.0290. The Kier molecular flexibility index (Phi) is 24.8. The molecular weight excluding hydrogens is 919 g/mol. The Hall–Kier alpha value is -0.803. The minimum absolute atomic E-state index is 0.172. The zero-order chi connectivity index (χ0) is 48.7. The van der Waals surface area contributed by atoms with Crippen LogP contribution >= 0.6 is 11.8 Å². The zero-order valence-electron chi connectivity index (χ0n) is 38.7. The normalized spacial score (nSPS) is 40.1. The second-order valence-electron chi connectivity index (χ2n) is 17.2.